The number of carbonyl (C=O) groups excluding carboxylic acids is 1. The predicted octanol–water partition coefficient (Wildman–Crippen LogP) is -3.43. The molecule has 1 heterocycles. The number of hydrogen-bond acceptors (Lipinski definition) is 9. The summed E-state index contributed by atoms with van der Waals surface area (Å²) in [4.78, 5) is 11.3. The molecule has 0 aromatic carbocycles. The Balaban J connectivity index is 2.88. The zero-order valence-electron chi connectivity index (χ0n) is 10.3. The highest BCUT2D eigenvalue weighted by Gasteiger charge is 2.47. The van der Waals surface area contributed by atoms with E-state index >= 15 is 0 Å². The second-order valence-corrected chi connectivity index (χ2v) is 5.79. The van der Waals surface area contributed by atoms with Crippen LogP contribution in [0.2, 0.25) is 0 Å². The minimum atomic E-state index is -4.51. The SMILES string of the molecule is NCCC(=O)O[C@H]1[C@H](O)[C@@H](O)[C@H](O)O[C@@H]1CS(=O)(=O)O. The highest BCUT2D eigenvalue weighted by Crippen LogP contribution is 2.23. The molecule has 1 saturated heterocycles. The van der Waals surface area contributed by atoms with E-state index in [-0.39, 0.29) is 13.0 Å². The van der Waals surface area contributed by atoms with Crippen molar-refractivity contribution in [1.29, 1.82) is 0 Å². The third-order valence-corrected chi connectivity index (χ3v) is 3.40. The molecule has 0 bridgehead atoms. The van der Waals surface area contributed by atoms with Crippen LogP contribution in [0.4, 0.5) is 0 Å². The van der Waals surface area contributed by atoms with Crippen molar-refractivity contribution >= 4 is 16.1 Å². The van der Waals surface area contributed by atoms with E-state index in [2.05, 4.69) is 0 Å². The molecule has 0 saturated carbocycles. The van der Waals surface area contributed by atoms with Gasteiger partial charge in [0.1, 0.15) is 24.1 Å². The van der Waals surface area contributed by atoms with Crippen molar-refractivity contribution in [3.8, 4) is 0 Å². The molecule has 0 amide bonds. The van der Waals surface area contributed by atoms with Gasteiger partial charge in [0.25, 0.3) is 10.1 Å². The van der Waals surface area contributed by atoms with E-state index in [1.165, 1.54) is 0 Å². The Morgan fingerprint density at radius 2 is 1.85 bits per heavy atom. The molecule has 118 valence electrons. The molecule has 1 aliphatic rings. The van der Waals surface area contributed by atoms with Crippen molar-refractivity contribution in [2.45, 2.75) is 37.1 Å². The monoisotopic (exact) mass is 315 g/mol. The standard InChI is InChI=1S/C9H17NO9S/c10-2-1-5(11)19-8-4(3-20(15,16)17)18-9(14)7(13)6(8)12/h4,6-9,12-14H,1-3,10H2,(H,15,16,17)/t4-,6-,7-,8-,9-/m1/s1. The van der Waals surface area contributed by atoms with E-state index in [1.807, 2.05) is 0 Å². The molecule has 6 N–H and O–H groups in total. The van der Waals surface area contributed by atoms with Crippen molar-refractivity contribution in [1.82, 2.24) is 0 Å². The lowest BCUT2D eigenvalue weighted by atomic mass is 9.99. The topological polar surface area (TPSA) is 177 Å². The van der Waals surface area contributed by atoms with Gasteiger partial charge in [-0.05, 0) is 0 Å². The van der Waals surface area contributed by atoms with Crippen LogP contribution >= 0.6 is 0 Å². The van der Waals surface area contributed by atoms with Crippen molar-refractivity contribution in [2.75, 3.05) is 12.3 Å². The first-order chi connectivity index (χ1) is 9.15. The molecule has 0 radical (unpaired) electrons. The first-order valence-corrected chi connectivity index (χ1v) is 7.31. The number of rotatable bonds is 5. The average Bonchev–Trinajstić information content (AvgIpc) is 2.30. The van der Waals surface area contributed by atoms with Gasteiger partial charge in [-0.1, -0.05) is 0 Å². The lowest BCUT2D eigenvalue weighted by molar-refractivity contribution is -0.280. The van der Waals surface area contributed by atoms with Crippen molar-refractivity contribution in [2.24, 2.45) is 5.73 Å². The molecular formula is C9H17NO9S. The summed E-state index contributed by atoms with van der Waals surface area (Å²) in [7, 11) is -4.51. The lowest BCUT2D eigenvalue weighted by Gasteiger charge is -2.39. The minimum absolute atomic E-state index is 0.0311. The number of carbonyl (C=O) groups is 1. The lowest BCUT2D eigenvalue weighted by Crippen LogP contribution is -2.60. The maximum absolute atomic E-state index is 11.3. The molecule has 1 fully saturated rings. The van der Waals surface area contributed by atoms with Crippen LogP contribution in [0.1, 0.15) is 6.42 Å². The first kappa shape index (κ1) is 17.2. The molecule has 10 nitrogen and oxygen atoms in total. The van der Waals surface area contributed by atoms with Gasteiger partial charge in [-0.3, -0.25) is 9.35 Å². The van der Waals surface area contributed by atoms with Gasteiger partial charge < -0.3 is 30.5 Å². The summed E-state index contributed by atoms with van der Waals surface area (Å²) in [5, 5.41) is 28.4. The summed E-state index contributed by atoms with van der Waals surface area (Å²) in [5.41, 5.74) is 5.14. The maximum atomic E-state index is 11.3. The Kier molecular flexibility index (Phi) is 5.82. The van der Waals surface area contributed by atoms with Crippen molar-refractivity contribution in [3.63, 3.8) is 0 Å². The van der Waals surface area contributed by atoms with Crippen LogP contribution in [0.5, 0.6) is 0 Å². The van der Waals surface area contributed by atoms with Gasteiger partial charge in [0.05, 0.1) is 6.42 Å². The predicted molar refractivity (Wildman–Crippen MR) is 62.9 cm³/mol. The molecule has 5 atom stereocenters. The Labute approximate surface area is 114 Å². The van der Waals surface area contributed by atoms with Crippen LogP contribution in [0, 0.1) is 0 Å². The molecule has 20 heavy (non-hydrogen) atoms. The Morgan fingerprint density at radius 3 is 2.35 bits per heavy atom. The van der Waals surface area contributed by atoms with Gasteiger partial charge in [-0.15, -0.1) is 0 Å². The number of aliphatic hydroxyl groups is 3. The summed E-state index contributed by atoms with van der Waals surface area (Å²) < 4.78 is 40.0. The first-order valence-electron chi connectivity index (χ1n) is 5.70. The molecule has 0 aromatic heterocycles. The van der Waals surface area contributed by atoms with Gasteiger partial charge in [-0.25, -0.2) is 0 Å². The quantitative estimate of drug-likeness (QED) is 0.253. The van der Waals surface area contributed by atoms with E-state index in [4.69, 9.17) is 19.8 Å². The van der Waals surface area contributed by atoms with E-state index in [0.717, 1.165) is 0 Å². The highest BCUT2D eigenvalue weighted by atomic mass is 32.2. The van der Waals surface area contributed by atoms with Gasteiger partial charge in [-0.2, -0.15) is 8.42 Å². The number of nitrogens with two attached hydrogens (primary N) is 1. The second-order valence-electron chi connectivity index (χ2n) is 4.29. The molecular weight excluding hydrogens is 298 g/mol. The van der Waals surface area contributed by atoms with Crippen LogP contribution in [0.25, 0.3) is 0 Å². The van der Waals surface area contributed by atoms with Crippen molar-refractivity contribution < 1.29 is 42.6 Å². The second kappa shape index (κ2) is 6.76. The van der Waals surface area contributed by atoms with Crippen LogP contribution in [-0.2, 0) is 24.4 Å². The third-order valence-electron chi connectivity index (χ3n) is 2.65. The maximum Gasteiger partial charge on any atom is 0.307 e. The van der Waals surface area contributed by atoms with Crippen LogP contribution in [0.15, 0.2) is 0 Å². The summed E-state index contributed by atoms with van der Waals surface area (Å²) in [6, 6.07) is 0. The average molecular weight is 315 g/mol. The van der Waals surface area contributed by atoms with Crippen molar-refractivity contribution in [3.05, 3.63) is 0 Å². The normalized spacial score (nSPS) is 34.8. The van der Waals surface area contributed by atoms with Crippen LogP contribution < -0.4 is 5.73 Å². The van der Waals surface area contributed by atoms with Gasteiger partial charge in [0, 0.05) is 6.54 Å². The number of hydrogen-bond donors (Lipinski definition) is 5. The molecule has 11 heteroatoms. The summed E-state index contributed by atoms with van der Waals surface area (Å²) >= 11 is 0. The smallest absolute Gasteiger partial charge is 0.307 e. The fraction of sp³-hybridized carbons (Fsp3) is 0.889. The largest absolute Gasteiger partial charge is 0.457 e. The van der Waals surface area contributed by atoms with Crippen LogP contribution in [0.3, 0.4) is 0 Å². The van der Waals surface area contributed by atoms with E-state index in [0.29, 0.717) is 0 Å². The fourth-order valence-corrected chi connectivity index (χ4v) is 2.42. The van der Waals surface area contributed by atoms with Gasteiger partial charge in [0.2, 0.25) is 0 Å². The zero-order valence-corrected chi connectivity index (χ0v) is 11.1. The molecule has 1 aliphatic heterocycles. The molecule has 0 unspecified atom stereocenters. The zero-order chi connectivity index (χ0) is 15.5. The minimum Gasteiger partial charge on any atom is -0.457 e. The van der Waals surface area contributed by atoms with Crippen LogP contribution in [-0.4, -0.2) is 77.3 Å². The summed E-state index contributed by atoms with van der Waals surface area (Å²) in [6.07, 6.45) is -8.72. The molecule has 1 rings (SSSR count). The Bertz CT molecular complexity index is 439. The fourth-order valence-electron chi connectivity index (χ4n) is 1.74. The highest BCUT2D eigenvalue weighted by molar-refractivity contribution is 7.85. The molecule has 0 aliphatic carbocycles. The Hall–Kier alpha value is -0.820. The number of aliphatic hydroxyl groups excluding tert-OH is 3. The molecule has 0 spiro atoms. The third kappa shape index (κ3) is 4.63. The summed E-state index contributed by atoms with van der Waals surface area (Å²) in [5.74, 6) is -1.86. The van der Waals surface area contributed by atoms with E-state index < -0.39 is 52.5 Å². The number of ether oxygens (including phenoxy) is 2. The van der Waals surface area contributed by atoms with Gasteiger partial charge in [0.15, 0.2) is 12.4 Å². The Morgan fingerprint density at radius 1 is 1.25 bits per heavy atom. The summed E-state index contributed by atoms with van der Waals surface area (Å²) in [6.45, 7) is -0.0311. The van der Waals surface area contributed by atoms with E-state index in [9.17, 15) is 28.5 Å². The van der Waals surface area contributed by atoms with E-state index in [1.54, 1.807) is 0 Å². The molecule has 0 aromatic rings. The number of esters is 1. The van der Waals surface area contributed by atoms with Gasteiger partial charge >= 0.3 is 5.97 Å².